The number of Topliss-reactive ketones (excluding diaryl/α,β-unsaturated/α-hetero) is 3. The van der Waals surface area contributed by atoms with Crippen LogP contribution in [0.2, 0.25) is 0 Å². The Morgan fingerprint density at radius 3 is 2.16 bits per heavy atom. The zero-order chi connectivity index (χ0) is 15.2. The molecule has 0 amide bonds. The van der Waals surface area contributed by atoms with E-state index in [0.717, 1.165) is 0 Å². The second-order valence-electron chi connectivity index (χ2n) is 6.45. The van der Waals surface area contributed by atoms with Crippen molar-refractivity contribution in [3.8, 4) is 0 Å². The van der Waals surface area contributed by atoms with Gasteiger partial charge in [0.05, 0.1) is 23.5 Å². The SMILES string of the molecule is CC(CO)C(=O)C1C(=O)C(C)(C)C(=O)C(C)(C)C1O. The van der Waals surface area contributed by atoms with E-state index in [9.17, 15) is 19.5 Å². The van der Waals surface area contributed by atoms with E-state index in [1.807, 2.05) is 0 Å². The molecule has 19 heavy (non-hydrogen) atoms. The highest BCUT2D eigenvalue weighted by atomic mass is 16.3. The Kier molecular flexibility index (Phi) is 4.04. The van der Waals surface area contributed by atoms with Crippen LogP contribution in [0, 0.1) is 22.7 Å². The molecule has 2 N–H and O–H groups in total. The number of rotatable bonds is 3. The first-order valence-electron chi connectivity index (χ1n) is 6.41. The summed E-state index contributed by atoms with van der Waals surface area (Å²) < 4.78 is 0. The van der Waals surface area contributed by atoms with Crippen LogP contribution >= 0.6 is 0 Å². The van der Waals surface area contributed by atoms with Crippen molar-refractivity contribution >= 4 is 17.3 Å². The van der Waals surface area contributed by atoms with Crippen LogP contribution in [0.5, 0.6) is 0 Å². The average Bonchev–Trinajstić information content (AvgIpc) is 2.34. The van der Waals surface area contributed by atoms with Crippen LogP contribution in [0.25, 0.3) is 0 Å². The van der Waals surface area contributed by atoms with Gasteiger partial charge in [0.15, 0.2) is 17.3 Å². The molecule has 0 bridgehead atoms. The predicted octanol–water partition coefficient (Wildman–Crippen LogP) is 0.365. The number of hydrogen-bond donors (Lipinski definition) is 2. The minimum atomic E-state index is -1.35. The highest BCUT2D eigenvalue weighted by Gasteiger charge is 2.59. The Bertz CT molecular complexity index is 422. The summed E-state index contributed by atoms with van der Waals surface area (Å²) in [5, 5.41) is 19.3. The largest absolute Gasteiger partial charge is 0.396 e. The van der Waals surface area contributed by atoms with Crippen molar-refractivity contribution in [3.05, 3.63) is 0 Å². The van der Waals surface area contributed by atoms with E-state index in [0.29, 0.717) is 0 Å². The fraction of sp³-hybridized carbons (Fsp3) is 0.786. The summed E-state index contributed by atoms with van der Waals surface area (Å²) in [6.45, 7) is 7.16. The van der Waals surface area contributed by atoms with Gasteiger partial charge in [-0.15, -0.1) is 0 Å². The number of aliphatic hydroxyl groups is 2. The Balaban J connectivity index is 3.29. The van der Waals surface area contributed by atoms with E-state index in [4.69, 9.17) is 5.11 Å². The Hall–Kier alpha value is -1.07. The summed E-state index contributed by atoms with van der Waals surface area (Å²) in [5.41, 5.74) is -2.45. The quantitative estimate of drug-likeness (QED) is 0.723. The van der Waals surface area contributed by atoms with Gasteiger partial charge in [-0.2, -0.15) is 0 Å². The molecular formula is C14H22O5. The summed E-state index contributed by atoms with van der Waals surface area (Å²) in [7, 11) is 0. The van der Waals surface area contributed by atoms with Crippen molar-refractivity contribution in [2.75, 3.05) is 6.61 Å². The molecule has 1 fully saturated rings. The van der Waals surface area contributed by atoms with Crippen molar-refractivity contribution in [2.24, 2.45) is 22.7 Å². The number of aliphatic hydroxyl groups excluding tert-OH is 2. The fourth-order valence-electron chi connectivity index (χ4n) is 2.68. The molecule has 0 radical (unpaired) electrons. The van der Waals surface area contributed by atoms with Gasteiger partial charge in [0.1, 0.15) is 5.92 Å². The highest BCUT2D eigenvalue weighted by Crippen LogP contribution is 2.44. The molecule has 1 rings (SSSR count). The zero-order valence-corrected chi connectivity index (χ0v) is 12.1. The van der Waals surface area contributed by atoms with Crippen LogP contribution in [-0.4, -0.2) is 40.3 Å². The number of hydrogen-bond acceptors (Lipinski definition) is 5. The van der Waals surface area contributed by atoms with Crippen molar-refractivity contribution in [3.63, 3.8) is 0 Å². The van der Waals surface area contributed by atoms with Crippen molar-refractivity contribution in [1.82, 2.24) is 0 Å². The van der Waals surface area contributed by atoms with Gasteiger partial charge in [-0.05, 0) is 13.8 Å². The van der Waals surface area contributed by atoms with Crippen LogP contribution in [0.1, 0.15) is 34.6 Å². The van der Waals surface area contributed by atoms with Crippen LogP contribution in [0.4, 0.5) is 0 Å². The lowest BCUT2D eigenvalue weighted by molar-refractivity contribution is -0.168. The minimum absolute atomic E-state index is 0.363. The van der Waals surface area contributed by atoms with E-state index in [2.05, 4.69) is 0 Å². The first-order chi connectivity index (χ1) is 8.49. The van der Waals surface area contributed by atoms with Crippen molar-refractivity contribution in [1.29, 1.82) is 0 Å². The molecule has 5 nitrogen and oxygen atoms in total. The molecule has 0 aromatic heterocycles. The summed E-state index contributed by atoms with van der Waals surface area (Å²) in [4.78, 5) is 36.8. The molecule has 0 aliphatic heterocycles. The molecule has 1 saturated carbocycles. The van der Waals surface area contributed by atoms with Gasteiger partial charge >= 0.3 is 0 Å². The second-order valence-corrected chi connectivity index (χ2v) is 6.45. The Morgan fingerprint density at radius 2 is 1.74 bits per heavy atom. The van der Waals surface area contributed by atoms with Crippen LogP contribution in [0.15, 0.2) is 0 Å². The Labute approximate surface area is 113 Å². The van der Waals surface area contributed by atoms with Gasteiger partial charge < -0.3 is 10.2 Å². The number of ketones is 3. The maximum absolute atomic E-state index is 12.3. The predicted molar refractivity (Wildman–Crippen MR) is 68.3 cm³/mol. The van der Waals surface area contributed by atoms with E-state index in [1.54, 1.807) is 0 Å². The van der Waals surface area contributed by atoms with Crippen LogP contribution in [0.3, 0.4) is 0 Å². The third-order valence-corrected chi connectivity index (χ3v) is 4.17. The standard InChI is InChI=1S/C14H22O5/c1-7(6-15)9(16)8-10(17)13(2,3)12(19)14(4,5)11(8)18/h7-8,10,15,17H,6H2,1-5H3. The molecular weight excluding hydrogens is 248 g/mol. The molecule has 5 heteroatoms. The topological polar surface area (TPSA) is 91.7 Å². The molecule has 0 aromatic carbocycles. The molecule has 0 heterocycles. The monoisotopic (exact) mass is 270 g/mol. The van der Waals surface area contributed by atoms with E-state index < -0.39 is 40.3 Å². The lowest BCUT2D eigenvalue weighted by Gasteiger charge is -2.45. The van der Waals surface area contributed by atoms with Crippen molar-refractivity contribution in [2.45, 2.75) is 40.7 Å². The van der Waals surface area contributed by atoms with E-state index in [1.165, 1.54) is 34.6 Å². The minimum Gasteiger partial charge on any atom is -0.396 e. The maximum Gasteiger partial charge on any atom is 0.158 e. The normalized spacial score (nSPS) is 31.1. The average molecular weight is 270 g/mol. The van der Waals surface area contributed by atoms with E-state index in [-0.39, 0.29) is 12.4 Å². The smallest absolute Gasteiger partial charge is 0.158 e. The Morgan fingerprint density at radius 1 is 1.26 bits per heavy atom. The van der Waals surface area contributed by atoms with Crippen LogP contribution in [-0.2, 0) is 14.4 Å². The fourth-order valence-corrected chi connectivity index (χ4v) is 2.68. The molecule has 0 aromatic rings. The second kappa shape index (κ2) is 4.80. The molecule has 0 spiro atoms. The first kappa shape index (κ1) is 16.0. The molecule has 1 aliphatic carbocycles. The lowest BCUT2D eigenvalue weighted by atomic mass is 9.56. The van der Waals surface area contributed by atoms with Gasteiger partial charge in [0, 0.05) is 5.92 Å². The third kappa shape index (κ3) is 2.25. The molecule has 108 valence electrons. The number of carbonyl (C=O) groups is 3. The van der Waals surface area contributed by atoms with Gasteiger partial charge in [0.2, 0.25) is 0 Å². The van der Waals surface area contributed by atoms with Crippen LogP contribution < -0.4 is 0 Å². The van der Waals surface area contributed by atoms with Gasteiger partial charge in [0.25, 0.3) is 0 Å². The van der Waals surface area contributed by atoms with E-state index >= 15 is 0 Å². The zero-order valence-electron chi connectivity index (χ0n) is 12.1. The summed E-state index contributed by atoms with van der Waals surface area (Å²) in [6, 6.07) is 0. The van der Waals surface area contributed by atoms with Gasteiger partial charge in [-0.1, -0.05) is 20.8 Å². The molecule has 3 atom stereocenters. The molecule has 0 saturated heterocycles. The van der Waals surface area contributed by atoms with Gasteiger partial charge in [-0.25, -0.2) is 0 Å². The molecule has 3 unspecified atom stereocenters. The lowest BCUT2D eigenvalue weighted by Crippen LogP contribution is -2.62. The highest BCUT2D eigenvalue weighted by molar-refractivity contribution is 6.19. The summed E-state index contributed by atoms with van der Waals surface area (Å²) in [6.07, 6.45) is -1.35. The third-order valence-electron chi connectivity index (χ3n) is 4.17. The van der Waals surface area contributed by atoms with Gasteiger partial charge in [-0.3, -0.25) is 14.4 Å². The number of carbonyl (C=O) groups excluding carboxylic acids is 3. The molecule has 1 aliphatic rings. The first-order valence-corrected chi connectivity index (χ1v) is 6.41. The maximum atomic E-state index is 12.3. The summed E-state index contributed by atoms with van der Waals surface area (Å²) >= 11 is 0. The summed E-state index contributed by atoms with van der Waals surface area (Å²) in [5.74, 6) is -3.41. The van der Waals surface area contributed by atoms with Crippen molar-refractivity contribution < 1.29 is 24.6 Å².